The van der Waals surface area contributed by atoms with Crippen LogP contribution in [0, 0.1) is 5.92 Å². The zero-order valence-corrected chi connectivity index (χ0v) is 10.7. The third-order valence-corrected chi connectivity index (χ3v) is 3.25. The first-order chi connectivity index (χ1) is 8.33. The molecular weight excluding hydrogens is 250 g/mol. The van der Waals surface area contributed by atoms with Crippen molar-refractivity contribution in [2.75, 3.05) is 18.4 Å². The second kappa shape index (κ2) is 5.42. The number of carbonyl (C=O) groups excluding carboxylic acids is 1. The van der Waals surface area contributed by atoms with Gasteiger partial charge in [-0.25, -0.2) is 0 Å². The van der Waals surface area contributed by atoms with Crippen LogP contribution in [0.25, 0.3) is 10.9 Å². The first-order valence-corrected chi connectivity index (χ1v) is 5.92. The predicted molar refractivity (Wildman–Crippen MR) is 75.2 cm³/mol. The highest BCUT2D eigenvalue weighted by Gasteiger charge is 2.22. The van der Waals surface area contributed by atoms with Gasteiger partial charge in [0.2, 0.25) is 5.91 Å². The van der Waals surface area contributed by atoms with Crippen molar-refractivity contribution in [2.45, 2.75) is 6.42 Å². The monoisotopic (exact) mass is 265 g/mol. The van der Waals surface area contributed by atoms with Crippen LogP contribution in [0.5, 0.6) is 0 Å². The second-order valence-corrected chi connectivity index (χ2v) is 4.46. The summed E-state index contributed by atoms with van der Waals surface area (Å²) in [7, 11) is 0. The summed E-state index contributed by atoms with van der Waals surface area (Å²) in [5, 5.41) is 7.29. The van der Waals surface area contributed by atoms with Crippen LogP contribution < -0.4 is 10.6 Å². The zero-order valence-electron chi connectivity index (χ0n) is 9.90. The minimum Gasteiger partial charge on any atom is -0.361 e. The number of nitrogens with one attached hydrogen (secondary N) is 3. The van der Waals surface area contributed by atoms with E-state index in [1.165, 1.54) is 0 Å². The van der Waals surface area contributed by atoms with Crippen molar-refractivity contribution in [1.29, 1.82) is 0 Å². The molecule has 1 unspecified atom stereocenters. The summed E-state index contributed by atoms with van der Waals surface area (Å²) >= 11 is 0. The Morgan fingerprint density at radius 3 is 3.00 bits per heavy atom. The standard InChI is InChI=1S/C13H15N3O.ClH/c17-13(10-3-5-14-8-10)16-11-1-2-12-9(7-11)4-6-15-12;/h1-2,4,6-7,10,14-15H,3,5,8H2,(H,16,17);1H. The molecule has 1 saturated heterocycles. The molecule has 18 heavy (non-hydrogen) atoms. The number of hydrogen-bond acceptors (Lipinski definition) is 2. The summed E-state index contributed by atoms with van der Waals surface area (Å²) in [5.41, 5.74) is 1.96. The van der Waals surface area contributed by atoms with Crippen LogP contribution in [-0.2, 0) is 4.79 Å². The Hall–Kier alpha value is -1.52. The fourth-order valence-electron chi connectivity index (χ4n) is 2.25. The highest BCUT2D eigenvalue weighted by atomic mass is 35.5. The Morgan fingerprint density at radius 1 is 1.33 bits per heavy atom. The summed E-state index contributed by atoms with van der Waals surface area (Å²) in [5.74, 6) is 0.224. The number of halogens is 1. The van der Waals surface area contributed by atoms with Crippen molar-refractivity contribution in [3.05, 3.63) is 30.5 Å². The van der Waals surface area contributed by atoms with Gasteiger partial charge in [-0.2, -0.15) is 0 Å². The normalized spacial score (nSPS) is 18.6. The molecule has 0 saturated carbocycles. The van der Waals surface area contributed by atoms with Crippen molar-refractivity contribution < 1.29 is 4.79 Å². The quantitative estimate of drug-likeness (QED) is 0.779. The number of carbonyl (C=O) groups is 1. The van der Waals surface area contributed by atoms with E-state index in [0.29, 0.717) is 0 Å². The van der Waals surface area contributed by atoms with Crippen LogP contribution in [0.3, 0.4) is 0 Å². The summed E-state index contributed by atoms with van der Waals surface area (Å²) < 4.78 is 0. The van der Waals surface area contributed by atoms with Gasteiger partial charge in [-0.3, -0.25) is 4.79 Å². The molecule has 0 radical (unpaired) electrons. The van der Waals surface area contributed by atoms with Crippen molar-refractivity contribution >= 4 is 34.9 Å². The largest absolute Gasteiger partial charge is 0.361 e. The molecule has 1 aromatic heterocycles. The summed E-state index contributed by atoms with van der Waals surface area (Å²) in [6.07, 6.45) is 2.83. The van der Waals surface area contributed by atoms with E-state index in [1.54, 1.807) is 0 Å². The van der Waals surface area contributed by atoms with Crippen LogP contribution in [0.2, 0.25) is 0 Å². The van der Waals surface area contributed by atoms with E-state index in [9.17, 15) is 4.79 Å². The van der Waals surface area contributed by atoms with E-state index < -0.39 is 0 Å². The zero-order chi connectivity index (χ0) is 11.7. The number of hydrogen-bond donors (Lipinski definition) is 3. The van der Waals surface area contributed by atoms with Gasteiger partial charge in [-0.1, -0.05) is 0 Å². The Bertz CT molecular complexity index is 546. The smallest absolute Gasteiger partial charge is 0.228 e. The molecule has 0 spiro atoms. The maximum atomic E-state index is 11.9. The first-order valence-electron chi connectivity index (χ1n) is 5.92. The van der Waals surface area contributed by atoms with Crippen molar-refractivity contribution in [3.63, 3.8) is 0 Å². The van der Waals surface area contributed by atoms with E-state index in [2.05, 4.69) is 15.6 Å². The van der Waals surface area contributed by atoms with Crippen LogP contribution >= 0.6 is 12.4 Å². The molecule has 0 bridgehead atoms. The molecule has 3 N–H and O–H groups in total. The van der Waals surface area contributed by atoms with Gasteiger partial charge in [0.15, 0.2) is 0 Å². The van der Waals surface area contributed by atoms with Crippen molar-refractivity contribution in [2.24, 2.45) is 5.92 Å². The van der Waals surface area contributed by atoms with Gasteiger partial charge in [0.25, 0.3) is 0 Å². The van der Waals surface area contributed by atoms with Gasteiger partial charge in [-0.15, -0.1) is 12.4 Å². The predicted octanol–water partition coefficient (Wildman–Crippen LogP) is 2.14. The number of H-pyrrole nitrogens is 1. The maximum Gasteiger partial charge on any atom is 0.228 e. The molecule has 3 rings (SSSR count). The maximum absolute atomic E-state index is 11.9. The minimum absolute atomic E-state index is 0. The highest BCUT2D eigenvalue weighted by molar-refractivity contribution is 5.95. The fraction of sp³-hybridized carbons (Fsp3) is 0.308. The molecular formula is C13H16ClN3O. The Labute approximate surface area is 112 Å². The molecule has 4 nitrogen and oxygen atoms in total. The van der Waals surface area contributed by atoms with Crippen LogP contribution in [0.4, 0.5) is 5.69 Å². The SMILES string of the molecule is Cl.O=C(Nc1ccc2[nH]ccc2c1)C1CCNC1. The third-order valence-electron chi connectivity index (χ3n) is 3.25. The Kier molecular flexibility index (Phi) is 3.89. The third kappa shape index (κ3) is 2.49. The van der Waals surface area contributed by atoms with E-state index >= 15 is 0 Å². The summed E-state index contributed by atoms with van der Waals surface area (Å²) in [4.78, 5) is 15.1. The second-order valence-electron chi connectivity index (χ2n) is 4.46. The molecule has 1 atom stereocenters. The number of rotatable bonds is 2. The van der Waals surface area contributed by atoms with Gasteiger partial charge in [0, 0.05) is 29.3 Å². The summed E-state index contributed by atoms with van der Waals surface area (Å²) in [6.45, 7) is 1.73. The van der Waals surface area contributed by atoms with Crippen molar-refractivity contribution in [1.82, 2.24) is 10.3 Å². The molecule has 1 aliphatic heterocycles. The van der Waals surface area contributed by atoms with Crippen LogP contribution in [-0.4, -0.2) is 24.0 Å². The van der Waals surface area contributed by atoms with Crippen LogP contribution in [0.15, 0.2) is 30.5 Å². The summed E-state index contributed by atoms with van der Waals surface area (Å²) in [6, 6.07) is 7.91. The van der Waals surface area contributed by atoms with E-state index in [-0.39, 0.29) is 24.2 Å². The van der Waals surface area contributed by atoms with E-state index in [1.807, 2.05) is 30.5 Å². The van der Waals surface area contributed by atoms with Crippen molar-refractivity contribution in [3.8, 4) is 0 Å². The molecule has 1 aliphatic rings. The Morgan fingerprint density at radius 2 is 2.22 bits per heavy atom. The van der Waals surface area contributed by atoms with E-state index in [4.69, 9.17) is 0 Å². The average Bonchev–Trinajstić information content (AvgIpc) is 2.99. The minimum atomic E-state index is 0. The Balaban J connectivity index is 0.00000120. The first kappa shape index (κ1) is 12.9. The molecule has 1 aromatic carbocycles. The number of fused-ring (bicyclic) bond motifs is 1. The molecule has 96 valence electrons. The number of aromatic nitrogens is 1. The average molecular weight is 266 g/mol. The lowest BCUT2D eigenvalue weighted by Crippen LogP contribution is -2.24. The highest BCUT2D eigenvalue weighted by Crippen LogP contribution is 2.19. The molecule has 1 fully saturated rings. The van der Waals surface area contributed by atoms with Gasteiger partial charge in [0.1, 0.15) is 0 Å². The molecule has 5 heteroatoms. The van der Waals surface area contributed by atoms with Gasteiger partial charge < -0.3 is 15.6 Å². The lowest BCUT2D eigenvalue weighted by molar-refractivity contribution is -0.119. The number of aromatic amines is 1. The fourth-order valence-corrected chi connectivity index (χ4v) is 2.25. The number of anilines is 1. The van der Waals surface area contributed by atoms with Gasteiger partial charge in [0.05, 0.1) is 5.92 Å². The number of amides is 1. The van der Waals surface area contributed by atoms with Crippen LogP contribution in [0.1, 0.15) is 6.42 Å². The lowest BCUT2D eigenvalue weighted by atomic mass is 10.1. The molecule has 1 amide bonds. The van der Waals surface area contributed by atoms with E-state index in [0.717, 1.165) is 36.1 Å². The molecule has 0 aliphatic carbocycles. The molecule has 2 aromatic rings. The molecule has 2 heterocycles. The van der Waals surface area contributed by atoms with Gasteiger partial charge >= 0.3 is 0 Å². The number of benzene rings is 1. The van der Waals surface area contributed by atoms with Gasteiger partial charge in [-0.05, 0) is 37.2 Å². The lowest BCUT2D eigenvalue weighted by Gasteiger charge is -2.09. The topological polar surface area (TPSA) is 56.9 Å².